The summed E-state index contributed by atoms with van der Waals surface area (Å²) in [5.74, 6) is 0.0743. The number of hydrogen-bond acceptors (Lipinski definition) is 4. The third-order valence-corrected chi connectivity index (χ3v) is 3.53. The molecule has 20 heavy (non-hydrogen) atoms. The Morgan fingerprint density at radius 3 is 2.35 bits per heavy atom. The Hall–Kier alpha value is -1.84. The average molecular weight is 276 g/mol. The molecule has 1 aliphatic rings. The highest BCUT2D eigenvalue weighted by molar-refractivity contribution is 5.91. The normalized spacial score (nSPS) is 22.5. The molecule has 1 heterocycles. The standard InChI is InChI=1S/C16H20O4/c1-16(2,3)15(18)12-9-13(17)20-14(12)10-5-7-11(19-4)8-6-10/h5-8,12,14H,9H2,1-4H3/t12-,14+/m1/s1. The Kier molecular flexibility index (Phi) is 3.84. The fraction of sp³-hybridized carbons (Fsp3) is 0.500. The average Bonchev–Trinajstić information content (AvgIpc) is 2.79. The third kappa shape index (κ3) is 2.84. The molecule has 0 aromatic heterocycles. The van der Waals surface area contributed by atoms with Crippen LogP contribution in [0.3, 0.4) is 0 Å². The second-order valence-corrected chi connectivity index (χ2v) is 6.11. The first-order valence-corrected chi connectivity index (χ1v) is 6.70. The maximum atomic E-state index is 12.5. The van der Waals surface area contributed by atoms with Crippen LogP contribution in [0.15, 0.2) is 24.3 Å². The Labute approximate surface area is 119 Å². The van der Waals surface area contributed by atoms with Gasteiger partial charge in [-0.05, 0) is 17.7 Å². The molecule has 0 bridgehead atoms. The Morgan fingerprint density at radius 1 is 1.25 bits per heavy atom. The number of benzene rings is 1. The van der Waals surface area contributed by atoms with Crippen molar-refractivity contribution >= 4 is 11.8 Å². The molecule has 1 aromatic rings. The van der Waals surface area contributed by atoms with Gasteiger partial charge in [0.2, 0.25) is 0 Å². The summed E-state index contributed by atoms with van der Waals surface area (Å²) in [6, 6.07) is 7.29. The highest BCUT2D eigenvalue weighted by atomic mass is 16.6. The monoisotopic (exact) mass is 276 g/mol. The lowest BCUT2D eigenvalue weighted by atomic mass is 9.78. The van der Waals surface area contributed by atoms with Crippen molar-refractivity contribution in [1.29, 1.82) is 0 Å². The lowest BCUT2D eigenvalue weighted by Gasteiger charge is -2.24. The summed E-state index contributed by atoms with van der Waals surface area (Å²) in [6.07, 6.45) is -0.326. The highest BCUT2D eigenvalue weighted by Crippen LogP contribution is 2.40. The number of methoxy groups -OCH3 is 1. The van der Waals surface area contributed by atoms with Gasteiger partial charge in [0.1, 0.15) is 17.6 Å². The minimum Gasteiger partial charge on any atom is -0.497 e. The van der Waals surface area contributed by atoms with Crippen LogP contribution < -0.4 is 4.74 Å². The van der Waals surface area contributed by atoms with Crippen molar-refractivity contribution in [3.05, 3.63) is 29.8 Å². The Balaban J connectivity index is 2.28. The molecule has 0 radical (unpaired) electrons. The van der Waals surface area contributed by atoms with Crippen LogP contribution in [-0.2, 0) is 14.3 Å². The molecule has 4 nitrogen and oxygen atoms in total. The van der Waals surface area contributed by atoms with Crippen LogP contribution in [-0.4, -0.2) is 18.9 Å². The number of hydrogen-bond donors (Lipinski definition) is 0. The lowest BCUT2D eigenvalue weighted by Crippen LogP contribution is -2.30. The van der Waals surface area contributed by atoms with Crippen molar-refractivity contribution in [1.82, 2.24) is 0 Å². The summed E-state index contributed by atoms with van der Waals surface area (Å²) in [7, 11) is 1.59. The highest BCUT2D eigenvalue weighted by Gasteiger charge is 2.44. The topological polar surface area (TPSA) is 52.6 Å². The van der Waals surface area contributed by atoms with E-state index in [0.29, 0.717) is 0 Å². The van der Waals surface area contributed by atoms with Gasteiger partial charge in [-0.2, -0.15) is 0 Å². The number of rotatable bonds is 3. The maximum Gasteiger partial charge on any atom is 0.307 e. The van der Waals surface area contributed by atoms with E-state index in [1.807, 2.05) is 32.9 Å². The van der Waals surface area contributed by atoms with Crippen molar-refractivity contribution in [3.8, 4) is 5.75 Å². The molecule has 0 aliphatic carbocycles. The van der Waals surface area contributed by atoms with E-state index in [4.69, 9.17) is 9.47 Å². The maximum absolute atomic E-state index is 12.5. The summed E-state index contributed by atoms with van der Waals surface area (Å²) in [4.78, 5) is 24.1. The first kappa shape index (κ1) is 14.6. The largest absolute Gasteiger partial charge is 0.497 e. The summed E-state index contributed by atoms with van der Waals surface area (Å²) >= 11 is 0. The zero-order chi connectivity index (χ0) is 14.9. The summed E-state index contributed by atoms with van der Waals surface area (Å²) in [5, 5.41) is 0. The molecule has 1 aromatic carbocycles. The molecule has 0 N–H and O–H groups in total. The molecule has 4 heteroatoms. The van der Waals surface area contributed by atoms with E-state index in [1.54, 1.807) is 19.2 Å². The number of ether oxygens (including phenoxy) is 2. The SMILES string of the molecule is COc1ccc([C@@H]2OC(=O)C[C@H]2C(=O)C(C)(C)C)cc1. The van der Waals surface area contributed by atoms with Crippen molar-refractivity contribution < 1.29 is 19.1 Å². The van der Waals surface area contributed by atoms with Crippen LogP contribution in [0, 0.1) is 11.3 Å². The molecule has 0 saturated carbocycles. The molecule has 1 fully saturated rings. The van der Waals surface area contributed by atoms with E-state index in [1.165, 1.54) is 0 Å². The predicted molar refractivity (Wildman–Crippen MR) is 74.4 cm³/mol. The molecule has 2 rings (SSSR count). The molecule has 1 aliphatic heterocycles. The molecular formula is C16H20O4. The van der Waals surface area contributed by atoms with Crippen LogP contribution in [0.2, 0.25) is 0 Å². The minimum absolute atomic E-state index is 0.0594. The van der Waals surface area contributed by atoms with Crippen LogP contribution in [0.5, 0.6) is 5.75 Å². The number of cyclic esters (lactones) is 1. The lowest BCUT2D eigenvalue weighted by molar-refractivity contribution is -0.142. The molecular weight excluding hydrogens is 256 g/mol. The second-order valence-electron chi connectivity index (χ2n) is 6.11. The van der Waals surface area contributed by atoms with Gasteiger partial charge < -0.3 is 9.47 Å². The van der Waals surface area contributed by atoms with Crippen molar-refractivity contribution in [2.45, 2.75) is 33.3 Å². The van der Waals surface area contributed by atoms with E-state index < -0.39 is 17.4 Å². The molecule has 1 saturated heterocycles. The van der Waals surface area contributed by atoms with E-state index in [-0.39, 0.29) is 18.2 Å². The third-order valence-electron chi connectivity index (χ3n) is 3.53. The molecule has 0 unspecified atom stereocenters. The first-order chi connectivity index (χ1) is 9.32. The van der Waals surface area contributed by atoms with Gasteiger partial charge >= 0.3 is 5.97 Å². The summed E-state index contributed by atoms with van der Waals surface area (Å²) < 4.78 is 10.5. The van der Waals surface area contributed by atoms with Gasteiger partial charge in [0.25, 0.3) is 0 Å². The second kappa shape index (κ2) is 5.27. The number of carbonyl (C=O) groups excluding carboxylic acids is 2. The minimum atomic E-state index is -0.486. The van der Waals surface area contributed by atoms with Crippen LogP contribution in [0.1, 0.15) is 38.9 Å². The predicted octanol–water partition coefficient (Wildman–Crippen LogP) is 2.91. The molecule has 108 valence electrons. The van der Waals surface area contributed by atoms with Crippen LogP contribution in [0.25, 0.3) is 0 Å². The van der Waals surface area contributed by atoms with E-state index in [2.05, 4.69) is 0 Å². The number of carbonyl (C=O) groups is 2. The molecule has 0 spiro atoms. The summed E-state index contributed by atoms with van der Waals surface area (Å²) in [6.45, 7) is 5.59. The summed E-state index contributed by atoms with van der Waals surface area (Å²) in [5.41, 5.74) is 0.350. The van der Waals surface area contributed by atoms with Gasteiger partial charge in [-0.25, -0.2) is 0 Å². The van der Waals surface area contributed by atoms with E-state index in [9.17, 15) is 9.59 Å². The number of ketones is 1. The van der Waals surface area contributed by atoms with Crippen molar-refractivity contribution in [2.75, 3.05) is 7.11 Å². The van der Waals surface area contributed by atoms with E-state index in [0.717, 1.165) is 11.3 Å². The number of esters is 1. The van der Waals surface area contributed by atoms with Crippen molar-refractivity contribution in [3.63, 3.8) is 0 Å². The molecule has 0 amide bonds. The number of Topliss-reactive ketones (excluding diaryl/α,β-unsaturated/α-hetero) is 1. The first-order valence-electron chi connectivity index (χ1n) is 6.70. The van der Waals surface area contributed by atoms with Gasteiger partial charge in [-0.1, -0.05) is 32.9 Å². The smallest absolute Gasteiger partial charge is 0.307 e. The van der Waals surface area contributed by atoms with Gasteiger partial charge in [0.15, 0.2) is 0 Å². The Morgan fingerprint density at radius 2 is 1.85 bits per heavy atom. The van der Waals surface area contributed by atoms with Crippen molar-refractivity contribution in [2.24, 2.45) is 11.3 Å². The van der Waals surface area contributed by atoms with Gasteiger partial charge in [-0.15, -0.1) is 0 Å². The Bertz CT molecular complexity index is 510. The van der Waals surface area contributed by atoms with Gasteiger partial charge in [0.05, 0.1) is 19.4 Å². The van der Waals surface area contributed by atoms with Gasteiger partial charge in [-0.3, -0.25) is 9.59 Å². The molecule has 2 atom stereocenters. The zero-order valence-corrected chi connectivity index (χ0v) is 12.3. The quantitative estimate of drug-likeness (QED) is 0.796. The van der Waals surface area contributed by atoms with Gasteiger partial charge in [0, 0.05) is 5.41 Å². The van der Waals surface area contributed by atoms with Crippen LogP contribution >= 0.6 is 0 Å². The van der Waals surface area contributed by atoms with Crippen LogP contribution in [0.4, 0.5) is 0 Å². The fourth-order valence-corrected chi connectivity index (χ4v) is 2.44. The fourth-order valence-electron chi connectivity index (χ4n) is 2.44. The van der Waals surface area contributed by atoms with E-state index >= 15 is 0 Å². The zero-order valence-electron chi connectivity index (χ0n) is 12.3.